The minimum Gasteiger partial charge on any atom is -0.337 e. The Bertz CT molecular complexity index is 473. The Morgan fingerprint density at radius 1 is 1.47 bits per heavy atom. The molecule has 19 heavy (non-hydrogen) atoms. The number of amides is 1. The van der Waals surface area contributed by atoms with E-state index in [0.29, 0.717) is 12.5 Å². The maximum absolute atomic E-state index is 12.3. The van der Waals surface area contributed by atoms with Crippen molar-refractivity contribution < 1.29 is 4.79 Å². The maximum Gasteiger partial charge on any atom is 0.239 e. The number of rotatable bonds is 3. The molecule has 0 unspecified atom stereocenters. The van der Waals surface area contributed by atoms with E-state index in [9.17, 15) is 4.79 Å². The van der Waals surface area contributed by atoms with Gasteiger partial charge in [0, 0.05) is 17.6 Å². The lowest BCUT2D eigenvalue weighted by Crippen LogP contribution is -2.46. The smallest absolute Gasteiger partial charge is 0.239 e. The van der Waals surface area contributed by atoms with E-state index in [2.05, 4.69) is 35.8 Å². The van der Waals surface area contributed by atoms with E-state index in [-0.39, 0.29) is 11.9 Å². The molecule has 1 aromatic carbocycles. The summed E-state index contributed by atoms with van der Waals surface area (Å²) in [5.41, 5.74) is 8.55. The van der Waals surface area contributed by atoms with Crippen LogP contribution in [0.4, 0.5) is 0 Å². The largest absolute Gasteiger partial charge is 0.337 e. The third-order valence-electron chi connectivity index (χ3n) is 3.57. The van der Waals surface area contributed by atoms with Crippen molar-refractivity contribution in [2.75, 3.05) is 6.54 Å². The number of fused-ring (bicyclic) bond motifs is 1. The molecule has 3 nitrogen and oxygen atoms in total. The molecule has 0 saturated heterocycles. The molecule has 0 aromatic heterocycles. The summed E-state index contributed by atoms with van der Waals surface area (Å²) in [7, 11) is 0. The normalized spacial score (nSPS) is 16.4. The molecule has 1 aliphatic heterocycles. The molecule has 0 fully saturated rings. The highest BCUT2D eigenvalue weighted by atomic mass is 79.9. The first-order valence-corrected chi connectivity index (χ1v) is 7.59. The van der Waals surface area contributed by atoms with E-state index in [1.165, 1.54) is 11.1 Å². The van der Waals surface area contributed by atoms with Gasteiger partial charge in [0.05, 0.1) is 6.04 Å². The number of benzene rings is 1. The van der Waals surface area contributed by atoms with Crippen LogP contribution < -0.4 is 5.73 Å². The van der Waals surface area contributed by atoms with Crippen molar-refractivity contribution >= 4 is 21.8 Å². The SMILES string of the molecule is CC(C)C[C@H](N)C(=O)N1CCc2cccc(Br)c2C1. The minimum absolute atomic E-state index is 0.0788. The van der Waals surface area contributed by atoms with Gasteiger partial charge in [-0.2, -0.15) is 0 Å². The van der Waals surface area contributed by atoms with E-state index >= 15 is 0 Å². The molecule has 0 spiro atoms. The molecule has 0 bridgehead atoms. The molecule has 1 heterocycles. The van der Waals surface area contributed by atoms with Crippen LogP contribution in [-0.2, 0) is 17.8 Å². The van der Waals surface area contributed by atoms with Crippen molar-refractivity contribution in [2.24, 2.45) is 11.7 Å². The zero-order valence-corrected chi connectivity index (χ0v) is 13.1. The van der Waals surface area contributed by atoms with E-state index in [1.54, 1.807) is 0 Å². The Kier molecular flexibility index (Phi) is 4.63. The molecule has 104 valence electrons. The lowest BCUT2D eigenvalue weighted by Gasteiger charge is -2.31. The predicted octanol–water partition coefficient (Wildman–Crippen LogP) is 2.71. The van der Waals surface area contributed by atoms with Crippen molar-refractivity contribution in [3.8, 4) is 0 Å². The third kappa shape index (κ3) is 3.37. The summed E-state index contributed by atoms with van der Waals surface area (Å²) in [5.74, 6) is 0.526. The summed E-state index contributed by atoms with van der Waals surface area (Å²) >= 11 is 3.57. The Balaban J connectivity index is 2.09. The zero-order chi connectivity index (χ0) is 14.0. The monoisotopic (exact) mass is 324 g/mol. The molecular weight excluding hydrogens is 304 g/mol. The van der Waals surface area contributed by atoms with Gasteiger partial charge in [-0.3, -0.25) is 4.79 Å². The van der Waals surface area contributed by atoms with E-state index in [1.807, 2.05) is 17.0 Å². The van der Waals surface area contributed by atoms with Crippen molar-refractivity contribution in [3.05, 3.63) is 33.8 Å². The van der Waals surface area contributed by atoms with E-state index in [4.69, 9.17) is 5.73 Å². The Morgan fingerprint density at radius 2 is 2.21 bits per heavy atom. The van der Waals surface area contributed by atoms with E-state index in [0.717, 1.165) is 23.9 Å². The van der Waals surface area contributed by atoms with Gasteiger partial charge in [-0.05, 0) is 36.0 Å². The summed E-state index contributed by atoms with van der Waals surface area (Å²) in [6, 6.07) is 5.84. The van der Waals surface area contributed by atoms with Crippen molar-refractivity contribution in [1.29, 1.82) is 0 Å². The van der Waals surface area contributed by atoms with Gasteiger partial charge in [0.2, 0.25) is 5.91 Å². The zero-order valence-electron chi connectivity index (χ0n) is 11.5. The van der Waals surface area contributed by atoms with Gasteiger partial charge in [-0.15, -0.1) is 0 Å². The molecule has 2 N–H and O–H groups in total. The van der Waals surface area contributed by atoms with Gasteiger partial charge >= 0.3 is 0 Å². The van der Waals surface area contributed by atoms with Gasteiger partial charge in [0.1, 0.15) is 0 Å². The third-order valence-corrected chi connectivity index (χ3v) is 4.31. The van der Waals surface area contributed by atoms with Gasteiger partial charge in [-0.1, -0.05) is 41.9 Å². The fourth-order valence-electron chi connectivity index (χ4n) is 2.57. The fourth-order valence-corrected chi connectivity index (χ4v) is 3.10. The first kappa shape index (κ1) is 14.5. The fraction of sp³-hybridized carbons (Fsp3) is 0.533. The van der Waals surface area contributed by atoms with Crippen LogP contribution in [0, 0.1) is 5.92 Å². The number of hydrogen-bond acceptors (Lipinski definition) is 2. The number of halogens is 1. The van der Waals surface area contributed by atoms with Crippen LogP contribution in [0.3, 0.4) is 0 Å². The van der Waals surface area contributed by atoms with Crippen molar-refractivity contribution in [2.45, 2.75) is 39.3 Å². The van der Waals surface area contributed by atoms with Crippen LogP contribution in [0.15, 0.2) is 22.7 Å². The van der Waals surface area contributed by atoms with Gasteiger partial charge in [0.15, 0.2) is 0 Å². The van der Waals surface area contributed by atoms with Crippen LogP contribution in [0.25, 0.3) is 0 Å². The van der Waals surface area contributed by atoms with Crippen LogP contribution in [0.2, 0.25) is 0 Å². The highest BCUT2D eigenvalue weighted by molar-refractivity contribution is 9.10. The standard InChI is InChI=1S/C15H21BrN2O/c1-10(2)8-14(17)15(19)18-7-6-11-4-3-5-13(16)12(11)9-18/h3-5,10,14H,6-9,17H2,1-2H3/t14-/m0/s1. The van der Waals surface area contributed by atoms with Gasteiger partial charge in [0.25, 0.3) is 0 Å². The molecule has 0 aliphatic carbocycles. The van der Waals surface area contributed by atoms with Gasteiger partial charge < -0.3 is 10.6 Å². The van der Waals surface area contributed by atoms with E-state index < -0.39 is 0 Å². The van der Waals surface area contributed by atoms with Crippen LogP contribution >= 0.6 is 15.9 Å². The number of hydrogen-bond donors (Lipinski definition) is 1. The van der Waals surface area contributed by atoms with Crippen LogP contribution in [0.5, 0.6) is 0 Å². The first-order chi connectivity index (χ1) is 8.99. The number of carbonyl (C=O) groups excluding carboxylic acids is 1. The second-order valence-corrected chi connectivity index (χ2v) is 6.48. The van der Waals surface area contributed by atoms with Crippen molar-refractivity contribution in [3.63, 3.8) is 0 Å². The number of nitrogens with two attached hydrogens (primary N) is 1. The molecule has 1 atom stereocenters. The topological polar surface area (TPSA) is 46.3 Å². The molecule has 1 amide bonds. The molecule has 0 saturated carbocycles. The molecule has 4 heteroatoms. The Hall–Kier alpha value is -0.870. The molecule has 1 aromatic rings. The predicted molar refractivity (Wildman–Crippen MR) is 80.7 cm³/mol. The van der Waals surface area contributed by atoms with Gasteiger partial charge in [-0.25, -0.2) is 0 Å². The van der Waals surface area contributed by atoms with Crippen LogP contribution in [-0.4, -0.2) is 23.4 Å². The second kappa shape index (κ2) is 6.06. The Morgan fingerprint density at radius 3 is 2.89 bits per heavy atom. The lowest BCUT2D eigenvalue weighted by atomic mass is 9.98. The molecule has 1 aliphatic rings. The summed E-state index contributed by atoms with van der Waals surface area (Å²) in [4.78, 5) is 14.2. The second-order valence-electron chi connectivity index (χ2n) is 5.62. The maximum atomic E-state index is 12.3. The molecule has 0 radical (unpaired) electrons. The number of carbonyl (C=O) groups is 1. The summed E-state index contributed by atoms with van der Waals surface area (Å²) < 4.78 is 1.08. The average Bonchev–Trinajstić information content (AvgIpc) is 2.37. The first-order valence-electron chi connectivity index (χ1n) is 6.79. The molecule has 2 rings (SSSR count). The number of nitrogens with zero attached hydrogens (tertiary/aromatic N) is 1. The van der Waals surface area contributed by atoms with Crippen LogP contribution in [0.1, 0.15) is 31.4 Å². The Labute approximate surface area is 123 Å². The average molecular weight is 325 g/mol. The highest BCUT2D eigenvalue weighted by Gasteiger charge is 2.26. The summed E-state index contributed by atoms with van der Waals surface area (Å²) in [6.07, 6.45) is 1.66. The molecular formula is C15H21BrN2O. The lowest BCUT2D eigenvalue weighted by molar-refractivity contribution is -0.133. The minimum atomic E-state index is -0.371. The highest BCUT2D eigenvalue weighted by Crippen LogP contribution is 2.26. The summed E-state index contributed by atoms with van der Waals surface area (Å²) in [5, 5.41) is 0. The summed E-state index contributed by atoms with van der Waals surface area (Å²) in [6.45, 7) is 5.62. The van der Waals surface area contributed by atoms with Crippen molar-refractivity contribution in [1.82, 2.24) is 4.90 Å². The quantitative estimate of drug-likeness (QED) is 0.929.